The lowest BCUT2D eigenvalue weighted by atomic mass is 10.0. The van der Waals surface area contributed by atoms with Gasteiger partial charge < -0.3 is 14.5 Å². The Bertz CT molecular complexity index is 945. The minimum atomic E-state index is -0.235. The monoisotopic (exact) mass is 396 g/mol. The first kappa shape index (κ1) is 18.1. The van der Waals surface area contributed by atoms with Gasteiger partial charge in [-0.3, -0.25) is 14.7 Å². The number of rotatable bonds is 3. The Morgan fingerprint density at radius 3 is 2.76 bits per heavy atom. The van der Waals surface area contributed by atoms with Gasteiger partial charge in [0.2, 0.25) is 5.91 Å². The van der Waals surface area contributed by atoms with Gasteiger partial charge in [0.15, 0.2) is 5.65 Å². The van der Waals surface area contributed by atoms with Crippen molar-refractivity contribution in [3.8, 4) is 0 Å². The molecule has 0 radical (unpaired) electrons. The Balaban J connectivity index is 1.26. The van der Waals surface area contributed by atoms with Crippen LogP contribution in [0.3, 0.4) is 0 Å². The zero-order valence-electron chi connectivity index (χ0n) is 16.4. The van der Waals surface area contributed by atoms with Gasteiger partial charge in [-0.1, -0.05) is 6.92 Å². The summed E-state index contributed by atoms with van der Waals surface area (Å²) in [6.07, 6.45) is 5.05. The van der Waals surface area contributed by atoms with E-state index in [0.29, 0.717) is 25.2 Å². The number of ether oxygens (including phenoxy) is 1. The topological polar surface area (TPSA) is 91.8 Å². The van der Waals surface area contributed by atoms with Gasteiger partial charge in [-0.05, 0) is 25.0 Å². The lowest BCUT2D eigenvalue weighted by molar-refractivity contribution is -0.130. The van der Waals surface area contributed by atoms with Crippen LogP contribution in [0.1, 0.15) is 26.2 Å². The van der Waals surface area contributed by atoms with E-state index in [0.717, 1.165) is 37.3 Å². The highest BCUT2D eigenvalue weighted by molar-refractivity contribution is 5.78. The molecule has 0 unspecified atom stereocenters. The molecule has 0 N–H and O–H groups in total. The highest BCUT2D eigenvalue weighted by Gasteiger charge is 2.51. The van der Waals surface area contributed by atoms with E-state index in [1.165, 1.54) is 0 Å². The van der Waals surface area contributed by atoms with Crippen molar-refractivity contribution in [3.05, 3.63) is 24.5 Å². The van der Waals surface area contributed by atoms with Crippen LogP contribution in [0.5, 0.6) is 0 Å². The summed E-state index contributed by atoms with van der Waals surface area (Å²) in [5.74, 6) is 1.01. The van der Waals surface area contributed by atoms with Crippen LogP contribution in [-0.2, 0) is 9.53 Å². The molecule has 5 heterocycles. The Labute approximate surface area is 168 Å². The van der Waals surface area contributed by atoms with E-state index >= 15 is 0 Å². The standard InChI is InChI=1S/C20H24N6O3/c1-2-18(27)25-11-15-16(12-25)29-20(28)26(15)13-5-9-24(10-6-13)17-4-3-14-19(23-17)22-8-7-21-14/h3-4,7-8,13,15-16H,2,5-6,9-12H2,1H3/t15-,16+/m1/s1. The van der Waals surface area contributed by atoms with Crippen molar-refractivity contribution in [1.82, 2.24) is 24.8 Å². The zero-order valence-corrected chi connectivity index (χ0v) is 16.4. The third-order valence-electron chi connectivity index (χ3n) is 6.21. The van der Waals surface area contributed by atoms with Crippen LogP contribution in [0.2, 0.25) is 0 Å². The molecule has 0 bridgehead atoms. The largest absolute Gasteiger partial charge is 0.442 e. The highest BCUT2D eigenvalue weighted by atomic mass is 16.6. The van der Waals surface area contributed by atoms with Gasteiger partial charge in [0.1, 0.15) is 17.4 Å². The summed E-state index contributed by atoms with van der Waals surface area (Å²) >= 11 is 0. The van der Waals surface area contributed by atoms with E-state index in [1.54, 1.807) is 12.4 Å². The van der Waals surface area contributed by atoms with Crippen LogP contribution in [0.15, 0.2) is 24.5 Å². The van der Waals surface area contributed by atoms with Crippen molar-refractivity contribution in [2.24, 2.45) is 0 Å². The third-order valence-corrected chi connectivity index (χ3v) is 6.21. The van der Waals surface area contributed by atoms with Crippen molar-refractivity contribution in [2.75, 3.05) is 31.1 Å². The van der Waals surface area contributed by atoms with Gasteiger partial charge in [-0.2, -0.15) is 0 Å². The number of pyridine rings is 1. The Morgan fingerprint density at radius 1 is 1.17 bits per heavy atom. The van der Waals surface area contributed by atoms with Crippen LogP contribution in [-0.4, -0.2) is 81.1 Å². The molecule has 9 heteroatoms. The molecule has 3 aliphatic rings. The maximum Gasteiger partial charge on any atom is 0.410 e. The number of piperidine rings is 1. The molecule has 0 aromatic carbocycles. The number of carbonyl (C=O) groups is 2. The maximum atomic E-state index is 12.5. The van der Waals surface area contributed by atoms with Gasteiger partial charge in [-0.15, -0.1) is 0 Å². The SMILES string of the molecule is CCC(=O)N1C[C@@H]2OC(=O)N(C3CCN(c4ccc5nccnc5n4)CC3)[C@@H]2C1. The lowest BCUT2D eigenvalue weighted by Gasteiger charge is -2.38. The number of fused-ring (bicyclic) bond motifs is 2. The van der Waals surface area contributed by atoms with Gasteiger partial charge in [0.05, 0.1) is 12.6 Å². The first-order valence-corrected chi connectivity index (χ1v) is 10.2. The van der Waals surface area contributed by atoms with E-state index in [1.807, 2.05) is 28.9 Å². The smallest absolute Gasteiger partial charge is 0.410 e. The van der Waals surface area contributed by atoms with E-state index in [9.17, 15) is 9.59 Å². The van der Waals surface area contributed by atoms with Crippen molar-refractivity contribution in [3.63, 3.8) is 0 Å². The fraction of sp³-hybridized carbons (Fsp3) is 0.550. The molecule has 0 aliphatic carbocycles. The molecule has 5 rings (SSSR count). The van der Waals surface area contributed by atoms with Crippen LogP contribution in [0.25, 0.3) is 11.2 Å². The number of likely N-dealkylation sites (tertiary alicyclic amines) is 1. The zero-order chi connectivity index (χ0) is 20.0. The Kier molecular flexibility index (Phi) is 4.44. The predicted octanol–water partition coefficient (Wildman–Crippen LogP) is 1.44. The second kappa shape index (κ2) is 7.13. The molecule has 3 saturated heterocycles. The fourth-order valence-corrected chi connectivity index (χ4v) is 4.71. The quantitative estimate of drug-likeness (QED) is 0.775. The van der Waals surface area contributed by atoms with E-state index in [4.69, 9.17) is 4.74 Å². The van der Waals surface area contributed by atoms with Crippen LogP contribution in [0.4, 0.5) is 10.6 Å². The molecule has 2 atom stereocenters. The first-order valence-electron chi connectivity index (χ1n) is 10.2. The van der Waals surface area contributed by atoms with Crippen LogP contribution in [0, 0.1) is 0 Å². The molecule has 9 nitrogen and oxygen atoms in total. The number of hydrogen-bond donors (Lipinski definition) is 0. The highest BCUT2D eigenvalue weighted by Crippen LogP contribution is 2.33. The van der Waals surface area contributed by atoms with Gasteiger partial charge in [0.25, 0.3) is 0 Å². The van der Waals surface area contributed by atoms with Crippen molar-refractivity contribution in [2.45, 2.75) is 44.4 Å². The van der Waals surface area contributed by atoms with E-state index in [2.05, 4.69) is 19.9 Å². The number of amides is 2. The van der Waals surface area contributed by atoms with E-state index in [-0.39, 0.29) is 30.2 Å². The summed E-state index contributed by atoms with van der Waals surface area (Å²) in [5, 5.41) is 0. The minimum Gasteiger partial charge on any atom is -0.442 e. The molecule has 2 aromatic heterocycles. The number of hydrogen-bond acceptors (Lipinski definition) is 7. The molecule has 3 fully saturated rings. The number of nitrogens with zero attached hydrogens (tertiary/aromatic N) is 6. The van der Waals surface area contributed by atoms with Crippen LogP contribution >= 0.6 is 0 Å². The summed E-state index contributed by atoms with van der Waals surface area (Å²) in [7, 11) is 0. The molecule has 29 heavy (non-hydrogen) atoms. The second-order valence-electron chi connectivity index (χ2n) is 7.84. The van der Waals surface area contributed by atoms with Crippen molar-refractivity contribution in [1.29, 1.82) is 0 Å². The lowest BCUT2D eigenvalue weighted by Crippen LogP contribution is -2.50. The Morgan fingerprint density at radius 2 is 1.97 bits per heavy atom. The fourth-order valence-electron chi connectivity index (χ4n) is 4.71. The number of anilines is 1. The molecule has 0 spiro atoms. The molecular formula is C20H24N6O3. The summed E-state index contributed by atoms with van der Waals surface area (Å²) in [6, 6.07) is 4.02. The average molecular weight is 396 g/mol. The van der Waals surface area contributed by atoms with Gasteiger partial charge >= 0.3 is 6.09 Å². The normalized spacial score (nSPS) is 24.9. The summed E-state index contributed by atoms with van der Waals surface area (Å²) in [5.41, 5.74) is 1.43. The number of carbonyl (C=O) groups excluding carboxylic acids is 2. The molecule has 0 saturated carbocycles. The molecule has 152 valence electrons. The van der Waals surface area contributed by atoms with Gasteiger partial charge in [-0.25, -0.2) is 14.8 Å². The van der Waals surface area contributed by atoms with Crippen LogP contribution < -0.4 is 4.90 Å². The first-order chi connectivity index (χ1) is 14.1. The van der Waals surface area contributed by atoms with Crippen molar-refractivity contribution < 1.29 is 14.3 Å². The molecule has 2 amide bonds. The molecule has 2 aromatic rings. The predicted molar refractivity (Wildman–Crippen MR) is 105 cm³/mol. The molecule has 3 aliphatic heterocycles. The third kappa shape index (κ3) is 3.14. The minimum absolute atomic E-state index is 0.0244. The summed E-state index contributed by atoms with van der Waals surface area (Å²) < 4.78 is 5.59. The van der Waals surface area contributed by atoms with Gasteiger partial charge in [0, 0.05) is 44.5 Å². The van der Waals surface area contributed by atoms with E-state index < -0.39 is 0 Å². The van der Waals surface area contributed by atoms with Crippen molar-refractivity contribution >= 4 is 29.0 Å². The second-order valence-corrected chi connectivity index (χ2v) is 7.84. The number of aromatic nitrogens is 3. The average Bonchev–Trinajstić information content (AvgIpc) is 3.29. The summed E-state index contributed by atoms with van der Waals surface area (Å²) in [6.45, 7) is 4.57. The molecular weight excluding hydrogens is 372 g/mol. The Hall–Kier alpha value is -2.97. The maximum absolute atomic E-state index is 12.5. The summed E-state index contributed by atoms with van der Waals surface area (Å²) in [4.78, 5) is 43.7.